The number of piperidine rings is 1. The van der Waals surface area contributed by atoms with Crippen molar-refractivity contribution in [2.24, 2.45) is 5.92 Å². The van der Waals surface area contributed by atoms with Gasteiger partial charge in [0.15, 0.2) is 0 Å². The summed E-state index contributed by atoms with van der Waals surface area (Å²) in [5.74, 6) is 0.467. The van der Waals surface area contributed by atoms with Crippen molar-refractivity contribution in [1.29, 1.82) is 0 Å². The maximum Gasteiger partial charge on any atom is 0.227 e. The Hall–Kier alpha value is -1.35. The van der Waals surface area contributed by atoms with Crippen LogP contribution in [0.3, 0.4) is 0 Å². The summed E-state index contributed by atoms with van der Waals surface area (Å²) in [4.78, 5) is 14.5. The van der Waals surface area contributed by atoms with Gasteiger partial charge in [-0.25, -0.2) is 0 Å². The summed E-state index contributed by atoms with van der Waals surface area (Å²) in [6.45, 7) is 7.55. The zero-order chi connectivity index (χ0) is 13.7. The lowest BCUT2D eigenvalue weighted by molar-refractivity contribution is -0.136. The fraction of sp³-hybridized carbons (Fsp3) is 0.562. The molecule has 1 aromatic carbocycles. The Bertz CT molecular complexity index is 425. The predicted molar refractivity (Wildman–Crippen MR) is 77.9 cm³/mol. The zero-order valence-electron chi connectivity index (χ0n) is 12.0. The van der Waals surface area contributed by atoms with E-state index in [-0.39, 0.29) is 5.92 Å². The van der Waals surface area contributed by atoms with Crippen LogP contribution >= 0.6 is 0 Å². The monoisotopic (exact) mass is 260 g/mol. The van der Waals surface area contributed by atoms with Crippen LogP contribution in [0, 0.1) is 12.8 Å². The van der Waals surface area contributed by atoms with Gasteiger partial charge in [-0.1, -0.05) is 29.8 Å². The number of hydrogen-bond acceptors (Lipinski definition) is 2. The van der Waals surface area contributed by atoms with Crippen LogP contribution in [-0.2, 0) is 11.3 Å². The second-order valence-corrected chi connectivity index (χ2v) is 5.38. The molecule has 0 aromatic heterocycles. The summed E-state index contributed by atoms with van der Waals surface area (Å²) in [5.41, 5.74) is 2.47. The van der Waals surface area contributed by atoms with Gasteiger partial charge in [-0.05, 0) is 38.8 Å². The molecule has 0 aliphatic carbocycles. The maximum absolute atomic E-state index is 12.5. The lowest BCUT2D eigenvalue weighted by atomic mass is 9.98. The van der Waals surface area contributed by atoms with Crippen molar-refractivity contribution in [2.45, 2.75) is 33.2 Å². The quantitative estimate of drug-likeness (QED) is 0.901. The molecule has 104 valence electrons. The Morgan fingerprint density at radius 1 is 1.47 bits per heavy atom. The third kappa shape index (κ3) is 3.80. The van der Waals surface area contributed by atoms with Crippen molar-refractivity contribution >= 4 is 5.91 Å². The van der Waals surface area contributed by atoms with Crippen LogP contribution in [0.15, 0.2) is 24.3 Å². The highest BCUT2D eigenvalue weighted by molar-refractivity contribution is 5.79. The van der Waals surface area contributed by atoms with Crippen LogP contribution in [0.5, 0.6) is 0 Å². The molecule has 1 aliphatic rings. The average Bonchev–Trinajstić information content (AvgIpc) is 2.45. The third-order valence-electron chi connectivity index (χ3n) is 3.80. The molecule has 0 spiro atoms. The molecule has 2 rings (SSSR count). The van der Waals surface area contributed by atoms with Gasteiger partial charge in [0.1, 0.15) is 0 Å². The topological polar surface area (TPSA) is 32.3 Å². The molecule has 1 amide bonds. The van der Waals surface area contributed by atoms with E-state index in [1.54, 1.807) is 0 Å². The largest absolute Gasteiger partial charge is 0.338 e. The molecule has 0 saturated carbocycles. The molecule has 1 aromatic rings. The fourth-order valence-electron chi connectivity index (χ4n) is 2.70. The minimum Gasteiger partial charge on any atom is -0.338 e. The molecule has 19 heavy (non-hydrogen) atoms. The molecule has 1 fully saturated rings. The van der Waals surface area contributed by atoms with Crippen molar-refractivity contribution in [3.63, 3.8) is 0 Å². The van der Waals surface area contributed by atoms with Gasteiger partial charge in [0, 0.05) is 19.6 Å². The van der Waals surface area contributed by atoms with Crippen LogP contribution in [0.2, 0.25) is 0 Å². The van der Waals surface area contributed by atoms with E-state index in [0.717, 1.165) is 39.0 Å². The first-order chi connectivity index (χ1) is 9.20. The number of rotatable bonds is 4. The molecule has 3 heteroatoms. The summed E-state index contributed by atoms with van der Waals surface area (Å²) in [5, 5.41) is 3.32. The minimum absolute atomic E-state index is 0.165. The Labute approximate surface area is 116 Å². The van der Waals surface area contributed by atoms with Crippen LogP contribution in [0.4, 0.5) is 0 Å². The average molecular weight is 260 g/mol. The summed E-state index contributed by atoms with van der Waals surface area (Å²) in [7, 11) is 0. The predicted octanol–water partition coefficient (Wildman–Crippen LogP) is 2.34. The van der Waals surface area contributed by atoms with E-state index in [1.165, 1.54) is 11.1 Å². The van der Waals surface area contributed by atoms with Crippen LogP contribution in [0.1, 0.15) is 30.9 Å². The van der Waals surface area contributed by atoms with E-state index in [2.05, 4.69) is 43.4 Å². The molecule has 1 saturated heterocycles. The molecule has 0 radical (unpaired) electrons. The summed E-state index contributed by atoms with van der Waals surface area (Å²) in [6, 6.07) is 8.41. The van der Waals surface area contributed by atoms with Crippen LogP contribution in [0.25, 0.3) is 0 Å². The molecule has 1 heterocycles. The third-order valence-corrected chi connectivity index (χ3v) is 3.80. The molecule has 1 atom stereocenters. The number of carbonyl (C=O) groups excluding carboxylic acids is 1. The van der Waals surface area contributed by atoms with E-state index in [9.17, 15) is 4.79 Å². The normalized spacial score (nSPS) is 19.2. The summed E-state index contributed by atoms with van der Waals surface area (Å²) in [6.07, 6.45) is 2.13. The highest BCUT2D eigenvalue weighted by atomic mass is 16.2. The SMILES string of the molecule is CCN(Cc1cccc(C)c1)C(=O)C1CCCNC1. The Balaban J connectivity index is 2.00. The van der Waals surface area contributed by atoms with E-state index in [1.807, 2.05) is 4.90 Å². The molecular formula is C16H24N2O. The maximum atomic E-state index is 12.5. The molecule has 0 bridgehead atoms. The summed E-state index contributed by atoms with van der Waals surface area (Å²) < 4.78 is 0. The second-order valence-electron chi connectivity index (χ2n) is 5.38. The standard InChI is InChI=1S/C16H24N2O/c1-3-18(12-14-7-4-6-13(2)10-14)16(19)15-8-5-9-17-11-15/h4,6-7,10,15,17H,3,5,8-9,11-12H2,1-2H3. The first-order valence-corrected chi connectivity index (χ1v) is 7.25. The molecular weight excluding hydrogens is 236 g/mol. The first kappa shape index (κ1) is 14.1. The molecule has 1 aliphatic heterocycles. The van der Waals surface area contributed by atoms with Gasteiger partial charge in [-0.2, -0.15) is 0 Å². The van der Waals surface area contributed by atoms with Gasteiger partial charge in [0.2, 0.25) is 5.91 Å². The number of hydrogen-bond donors (Lipinski definition) is 1. The zero-order valence-corrected chi connectivity index (χ0v) is 12.0. The van der Waals surface area contributed by atoms with Crippen molar-refractivity contribution in [3.05, 3.63) is 35.4 Å². The Morgan fingerprint density at radius 2 is 2.32 bits per heavy atom. The highest BCUT2D eigenvalue weighted by Gasteiger charge is 2.25. The molecule has 3 nitrogen and oxygen atoms in total. The van der Waals surface area contributed by atoms with Gasteiger partial charge in [0.25, 0.3) is 0 Å². The first-order valence-electron chi connectivity index (χ1n) is 7.25. The van der Waals surface area contributed by atoms with Crippen molar-refractivity contribution in [1.82, 2.24) is 10.2 Å². The van der Waals surface area contributed by atoms with E-state index < -0.39 is 0 Å². The number of carbonyl (C=O) groups is 1. The second kappa shape index (κ2) is 6.71. The van der Waals surface area contributed by atoms with Gasteiger partial charge in [-0.3, -0.25) is 4.79 Å². The van der Waals surface area contributed by atoms with E-state index >= 15 is 0 Å². The Morgan fingerprint density at radius 3 is 2.95 bits per heavy atom. The van der Waals surface area contributed by atoms with E-state index in [4.69, 9.17) is 0 Å². The number of benzene rings is 1. The van der Waals surface area contributed by atoms with Gasteiger partial charge < -0.3 is 10.2 Å². The smallest absolute Gasteiger partial charge is 0.227 e. The fourth-order valence-corrected chi connectivity index (χ4v) is 2.70. The van der Waals surface area contributed by atoms with Crippen LogP contribution in [-0.4, -0.2) is 30.4 Å². The molecule has 1 unspecified atom stereocenters. The van der Waals surface area contributed by atoms with Crippen molar-refractivity contribution in [3.8, 4) is 0 Å². The number of aryl methyl sites for hydroxylation is 1. The van der Waals surface area contributed by atoms with E-state index in [0.29, 0.717) is 5.91 Å². The van der Waals surface area contributed by atoms with Gasteiger partial charge in [-0.15, -0.1) is 0 Å². The molecule has 1 N–H and O–H groups in total. The number of amides is 1. The minimum atomic E-state index is 0.165. The van der Waals surface area contributed by atoms with Gasteiger partial charge in [0.05, 0.1) is 5.92 Å². The number of nitrogens with zero attached hydrogens (tertiary/aromatic N) is 1. The lowest BCUT2D eigenvalue weighted by Gasteiger charge is -2.29. The number of nitrogens with one attached hydrogen (secondary N) is 1. The lowest BCUT2D eigenvalue weighted by Crippen LogP contribution is -2.42. The summed E-state index contributed by atoms with van der Waals surface area (Å²) >= 11 is 0. The highest BCUT2D eigenvalue weighted by Crippen LogP contribution is 2.16. The van der Waals surface area contributed by atoms with Gasteiger partial charge >= 0.3 is 0 Å². The van der Waals surface area contributed by atoms with Crippen molar-refractivity contribution < 1.29 is 4.79 Å². The van der Waals surface area contributed by atoms with Crippen LogP contribution < -0.4 is 5.32 Å². The van der Waals surface area contributed by atoms with Crippen molar-refractivity contribution in [2.75, 3.05) is 19.6 Å². The Kier molecular flexibility index (Phi) is 4.97.